The molecule has 1 aromatic heterocycles. The van der Waals surface area contributed by atoms with Crippen molar-refractivity contribution >= 4 is 34.0 Å². The molecule has 6 rings (SSSR count). The van der Waals surface area contributed by atoms with Crippen molar-refractivity contribution in [2.45, 2.75) is 6.42 Å². The van der Waals surface area contributed by atoms with Gasteiger partial charge in [0.1, 0.15) is 0 Å². The minimum absolute atomic E-state index is 0.829. The predicted octanol–water partition coefficient (Wildman–Crippen LogP) is 8.36. The van der Waals surface area contributed by atoms with Gasteiger partial charge in [0.05, 0.1) is 22.8 Å². The number of benzene rings is 4. The van der Waals surface area contributed by atoms with Crippen LogP contribution in [0.4, 0.5) is 5.69 Å². The molecule has 0 saturated heterocycles. The van der Waals surface area contributed by atoms with Crippen LogP contribution in [-0.4, -0.2) is 10.7 Å². The molecule has 4 aromatic carbocycles. The van der Waals surface area contributed by atoms with Gasteiger partial charge in [0.15, 0.2) is 0 Å². The van der Waals surface area contributed by atoms with Crippen molar-refractivity contribution in [1.29, 1.82) is 0 Å². The van der Waals surface area contributed by atoms with Gasteiger partial charge in [-0.1, -0.05) is 84.9 Å². The Morgan fingerprint density at radius 1 is 0.588 bits per heavy atom. The molecule has 162 valence electrons. The molecule has 0 atom stereocenters. The van der Waals surface area contributed by atoms with Gasteiger partial charge in [0, 0.05) is 26.7 Å². The Morgan fingerprint density at radius 2 is 1.32 bits per heavy atom. The molecule has 0 spiro atoms. The second-order valence-corrected chi connectivity index (χ2v) is 9.54. The van der Waals surface area contributed by atoms with E-state index < -0.39 is 0 Å². The number of para-hydroxylation sites is 1. The molecule has 0 amide bonds. The van der Waals surface area contributed by atoms with E-state index in [1.54, 1.807) is 0 Å². The van der Waals surface area contributed by atoms with Crippen LogP contribution in [0.2, 0.25) is 0 Å². The number of aromatic nitrogens is 1. The molecule has 1 heterocycles. The van der Waals surface area contributed by atoms with Crippen LogP contribution in [-0.2, 0) is 6.42 Å². The Labute approximate surface area is 213 Å². The second-order valence-electron chi connectivity index (χ2n) is 8.38. The average Bonchev–Trinajstić information content (AvgIpc) is 2.90. The number of pyridine rings is 1. The summed E-state index contributed by atoms with van der Waals surface area (Å²) in [4.78, 5) is 10.1. The molecule has 2 nitrogen and oxygen atoms in total. The number of halogens is 1. The molecular formula is C31H21IN2. The number of hydrogen-bond acceptors (Lipinski definition) is 2. The van der Waals surface area contributed by atoms with Gasteiger partial charge in [-0.3, -0.25) is 4.99 Å². The standard InChI is InChI=1S/C31H21IN2/c32-27-13-6-7-14-30(27)34-31-20-22-11-4-5-12-24(22)26-19-23(17-18-25(26)31)29-16-8-15-28(33-29)21-9-2-1-3-10-21/h1-19H,20H2/b34-31+. The van der Waals surface area contributed by atoms with Crippen molar-refractivity contribution in [1.82, 2.24) is 4.98 Å². The third kappa shape index (κ3) is 3.97. The molecule has 0 bridgehead atoms. The molecule has 0 fully saturated rings. The molecule has 5 aromatic rings. The van der Waals surface area contributed by atoms with Crippen LogP contribution in [0.3, 0.4) is 0 Å². The lowest BCUT2D eigenvalue weighted by atomic mass is 9.83. The monoisotopic (exact) mass is 548 g/mol. The SMILES string of the molecule is Ic1ccccc1/N=C1\Cc2ccccc2-c2cc(-c3cccc(-c4ccccc4)n3)ccc21. The summed E-state index contributed by atoms with van der Waals surface area (Å²) in [7, 11) is 0. The smallest absolute Gasteiger partial charge is 0.0766 e. The summed E-state index contributed by atoms with van der Waals surface area (Å²) < 4.78 is 1.16. The number of rotatable bonds is 3. The van der Waals surface area contributed by atoms with Crippen molar-refractivity contribution in [2.24, 2.45) is 4.99 Å². The Bertz CT molecular complexity index is 1540. The molecule has 0 N–H and O–H groups in total. The van der Waals surface area contributed by atoms with E-state index in [-0.39, 0.29) is 0 Å². The van der Waals surface area contributed by atoms with Gasteiger partial charge < -0.3 is 0 Å². The summed E-state index contributed by atoms with van der Waals surface area (Å²) in [6.07, 6.45) is 0.829. The van der Waals surface area contributed by atoms with Gasteiger partial charge in [0.25, 0.3) is 0 Å². The summed E-state index contributed by atoms with van der Waals surface area (Å²) >= 11 is 2.36. The van der Waals surface area contributed by atoms with Crippen molar-refractivity contribution in [3.8, 4) is 33.6 Å². The van der Waals surface area contributed by atoms with E-state index in [0.29, 0.717) is 0 Å². The summed E-state index contributed by atoms with van der Waals surface area (Å²) in [6.45, 7) is 0. The Kier molecular flexibility index (Phi) is 5.55. The van der Waals surface area contributed by atoms with E-state index in [9.17, 15) is 0 Å². The zero-order chi connectivity index (χ0) is 22.9. The lowest BCUT2D eigenvalue weighted by Gasteiger charge is -2.22. The zero-order valence-electron chi connectivity index (χ0n) is 18.4. The van der Waals surface area contributed by atoms with Gasteiger partial charge in [-0.2, -0.15) is 0 Å². The van der Waals surface area contributed by atoms with Gasteiger partial charge >= 0.3 is 0 Å². The number of hydrogen-bond donors (Lipinski definition) is 0. The van der Waals surface area contributed by atoms with Crippen molar-refractivity contribution in [3.63, 3.8) is 0 Å². The highest BCUT2D eigenvalue weighted by atomic mass is 127. The van der Waals surface area contributed by atoms with Crippen LogP contribution in [0, 0.1) is 3.57 Å². The molecule has 0 aliphatic heterocycles. The van der Waals surface area contributed by atoms with Gasteiger partial charge in [-0.05, 0) is 69.6 Å². The van der Waals surface area contributed by atoms with E-state index in [0.717, 1.165) is 43.9 Å². The van der Waals surface area contributed by atoms with E-state index >= 15 is 0 Å². The maximum Gasteiger partial charge on any atom is 0.0766 e. The van der Waals surface area contributed by atoms with Crippen LogP contribution >= 0.6 is 22.6 Å². The highest BCUT2D eigenvalue weighted by Gasteiger charge is 2.22. The highest BCUT2D eigenvalue weighted by molar-refractivity contribution is 14.1. The zero-order valence-corrected chi connectivity index (χ0v) is 20.6. The Morgan fingerprint density at radius 3 is 2.18 bits per heavy atom. The second kappa shape index (κ2) is 8.99. The van der Waals surface area contributed by atoms with Crippen molar-refractivity contribution < 1.29 is 0 Å². The quantitative estimate of drug-likeness (QED) is 0.208. The van der Waals surface area contributed by atoms with Crippen LogP contribution in [0.15, 0.2) is 120 Å². The molecular weight excluding hydrogens is 527 g/mol. The first kappa shape index (κ1) is 21.0. The largest absolute Gasteiger partial charge is 0.251 e. The van der Waals surface area contributed by atoms with Crippen LogP contribution in [0.5, 0.6) is 0 Å². The van der Waals surface area contributed by atoms with Gasteiger partial charge in [-0.15, -0.1) is 0 Å². The number of nitrogens with zero attached hydrogens (tertiary/aromatic N) is 2. The van der Waals surface area contributed by atoms with Crippen LogP contribution in [0.1, 0.15) is 11.1 Å². The first-order valence-electron chi connectivity index (χ1n) is 11.3. The maximum absolute atomic E-state index is 5.11. The van der Waals surface area contributed by atoms with E-state index in [1.165, 1.54) is 22.3 Å². The average molecular weight is 548 g/mol. The fourth-order valence-corrected chi connectivity index (χ4v) is 5.05. The summed E-state index contributed by atoms with van der Waals surface area (Å²) in [5, 5.41) is 0. The third-order valence-corrected chi connectivity index (χ3v) is 7.13. The van der Waals surface area contributed by atoms with Crippen LogP contribution < -0.4 is 0 Å². The summed E-state index contributed by atoms with van der Waals surface area (Å²) in [5.41, 5.74) is 11.3. The highest BCUT2D eigenvalue weighted by Crippen LogP contribution is 2.37. The molecule has 0 saturated carbocycles. The summed E-state index contributed by atoms with van der Waals surface area (Å²) in [6, 6.07) is 40.2. The Hall–Kier alpha value is -3.57. The van der Waals surface area contributed by atoms with E-state index in [4.69, 9.17) is 9.98 Å². The van der Waals surface area contributed by atoms with E-state index in [2.05, 4.69) is 114 Å². The number of fused-ring (bicyclic) bond motifs is 3. The van der Waals surface area contributed by atoms with Crippen molar-refractivity contribution in [3.05, 3.63) is 130 Å². The fourth-order valence-electron chi connectivity index (χ4n) is 4.54. The molecule has 3 heteroatoms. The molecule has 0 unspecified atom stereocenters. The molecule has 34 heavy (non-hydrogen) atoms. The maximum atomic E-state index is 5.11. The van der Waals surface area contributed by atoms with Crippen LogP contribution in [0.25, 0.3) is 33.6 Å². The normalized spacial score (nSPS) is 13.4. The first-order chi connectivity index (χ1) is 16.8. The fraction of sp³-hybridized carbons (Fsp3) is 0.0323. The summed E-state index contributed by atoms with van der Waals surface area (Å²) in [5.74, 6) is 0. The topological polar surface area (TPSA) is 25.2 Å². The lowest BCUT2D eigenvalue weighted by Crippen LogP contribution is -2.13. The number of aliphatic imine (C=N–C) groups is 1. The van der Waals surface area contributed by atoms with Gasteiger partial charge in [0.2, 0.25) is 0 Å². The molecule has 1 aliphatic rings. The molecule has 0 radical (unpaired) electrons. The first-order valence-corrected chi connectivity index (χ1v) is 12.4. The minimum Gasteiger partial charge on any atom is -0.251 e. The lowest BCUT2D eigenvalue weighted by molar-refractivity contribution is 1.26. The third-order valence-electron chi connectivity index (χ3n) is 6.22. The Balaban J connectivity index is 1.49. The molecule has 1 aliphatic carbocycles. The van der Waals surface area contributed by atoms with E-state index in [1.807, 2.05) is 24.3 Å². The van der Waals surface area contributed by atoms with Crippen molar-refractivity contribution in [2.75, 3.05) is 0 Å². The predicted molar refractivity (Wildman–Crippen MR) is 150 cm³/mol. The minimum atomic E-state index is 0.829. The van der Waals surface area contributed by atoms with Gasteiger partial charge in [-0.25, -0.2) is 4.98 Å².